The van der Waals surface area contributed by atoms with Gasteiger partial charge in [-0.3, -0.25) is 4.98 Å². The summed E-state index contributed by atoms with van der Waals surface area (Å²) in [5.41, 5.74) is 2.14. The van der Waals surface area contributed by atoms with Gasteiger partial charge in [-0.1, -0.05) is 13.5 Å². The molecule has 5 nitrogen and oxygen atoms in total. The van der Waals surface area contributed by atoms with Crippen molar-refractivity contribution in [2.45, 2.75) is 52.6 Å². The SMILES string of the molecule is C.Cc1cnc2c(c1)c1c(n2CC(C)(O)c2ccc(C(F)(F)F)nc2)CCN(C)C1. The maximum absolute atomic E-state index is 12.8. The Kier molecular flexibility index (Phi) is 5.68. The molecule has 0 saturated heterocycles. The molecule has 3 aromatic rings. The number of fused-ring (bicyclic) bond motifs is 3. The molecule has 0 radical (unpaired) electrons. The minimum Gasteiger partial charge on any atom is -0.384 e. The number of rotatable bonds is 3. The molecular formula is C22H27F3N4O. The van der Waals surface area contributed by atoms with Gasteiger partial charge in [-0.2, -0.15) is 13.2 Å². The Morgan fingerprint density at radius 3 is 2.53 bits per heavy atom. The Morgan fingerprint density at radius 2 is 1.90 bits per heavy atom. The van der Waals surface area contributed by atoms with Crippen LogP contribution in [0, 0.1) is 6.92 Å². The lowest BCUT2D eigenvalue weighted by molar-refractivity contribution is -0.141. The van der Waals surface area contributed by atoms with Crippen molar-refractivity contribution in [1.29, 1.82) is 0 Å². The van der Waals surface area contributed by atoms with E-state index < -0.39 is 17.5 Å². The van der Waals surface area contributed by atoms with Crippen LogP contribution < -0.4 is 0 Å². The number of hydrogen-bond donors (Lipinski definition) is 1. The number of likely N-dealkylation sites (N-methyl/N-ethyl adjacent to an activating group) is 1. The van der Waals surface area contributed by atoms with Crippen LogP contribution in [-0.2, 0) is 31.3 Å². The topological polar surface area (TPSA) is 54.2 Å². The van der Waals surface area contributed by atoms with E-state index >= 15 is 0 Å². The summed E-state index contributed by atoms with van der Waals surface area (Å²) in [4.78, 5) is 10.3. The van der Waals surface area contributed by atoms with Crippen molar-refractivity contribution < 1.29 is 18.3 Å². The average Bonchev–Trinajstić information content (AvgIpc) is 2.93. The smallest absolute Gasteiger partial charge is 0.384 e. The first kappa shape index (κ1) is 22.2. The molecule has 1 atom stereocenters. The highest BCUT2D eigenvalue weighted by Crippen LogP contribution is 2.34. The van der Waals surface area contributed by atoms with Gasteiger partial charge in [0.05, 0.1) is 6.54 Å². The van der Waals surface area contributed by atoms with Crippen molar-refractivity contribution in [3.8, 4) is 0 Å². The van der Waals surface area contributed by atoms with Crippen molar-refractivity contribution in [1.82, 2.24) is 19.4 Å². The standard InChI is InChI=1S/C21H23F3N4O.CH4/c1-13-8-15-16-11-27(3)7-6-17(16)28(19(15)26-9-13)12-20(2,29)14-4-5-18(25-10-14)21(22,23)24;/h4-5,8-10,29H,6-7,11-12H2,1-3H3;1H4. The van der Waals surface area contributed by atoms with Gasteiger partial charge in [-0.15, -0.1) is 0 Å². The number of pyridine rings is 2. The molecule has 0 fully saturated rings. The number of aromatic nitrogens is 3. The molecule has 1 unspecified atom stereocenters. The van der Waals surface area contributed by atoms with Gasteiger partial charge in [0.2, 0.25) is 0 Å². The molecule has 3 aromatic heterocycles. The van der Waals surface area contributed by atoms with Crippen LogP contribution in [0.3, 0.4) is 0 Å². The Labute approximate surface area is 174 Å². The highest BCUT2D eigenvalue weighted by molar-refractivity contribution is 5.83. The number of nitrogens with zero attached hydrogens (tertiary/aromatic N) is 4. The summed E-state index contributed by atoms with van der Waals surface area (Å²) in [6, 6.07) is 4.30. The van der Waals surface area contributed by atoms with Crippen molar-refractivity contribution in [2.24, 2.45) is 0 Å². The molecule has 8 heteroatoms. The van der Waals surface area contributed by atoms with Gasteiger partial charge in [-0.25, -0.2) is 4.98 Å². The maximum Gasteiger partial charge on any atom is 0.433 e. The molecule has 30 heavy (non-hydrogen) atoms. The molecular weight excluding hydrogens is 393 g/mol. The first-order valence-electron chi connectivity index (χ1n) is 9.47. The highest BCUT2D eigenvalue weighted by Gasteiger charge is 2.34. The van der Waals surface area contributed by atoms with Crippen molar-refractivity contribution in [2.75, 3.05) is 13.6 Å². The van der Waals surface area contributed by atoms with E-state index in [0.29, 0.717) is 5.56 Å². The van der Waals surface area contributed by atoms with Gasteiger partial charge in [0.1, 0.15) is 16.9 Å². The van der Waals surface area contributed by atoms with E-state index in [1.165, 1.54) is 11.6 Å². The van der Waals surface area contributed by atoms with Gasteiger partial charge < -0.3 is 14.6 Å². The molecule has 0 amide bonds. The first-order chi connectivity index (χ1) is 13.6. The van der Waals surface area contributed by atoms with Crippen LogP contribution in [0.5, 0.6) is 0 Å². The molecule has 1 aliphatic rings. The zero-order chi connectivity index (χ0) is 21.0. The van der Waals surface area contributed by atoms with Crippen molar-refractivity contribution in [3.05, 3.63) is 58.7 Å². The average molecular weight is 420 g/mol. The van der Waals surface area contributed by atoms with Gasteiger partial charge >= 0.3 is 6.18 Å². The lowest BCUT2D eigenvalue weighted by Crippen LogP contribution is -2.32. The van der Waals surface area contributed by atoms with Crippen LogP contribution in [0.15, 0.2) is 30.6 Å². The zero-order valence-corrected chi connectivity index (χ0v) is 16.6. The second-order valence-electron chi connectivity index (χ2n) is 8.09. The van der Waals surface area contributed by atoms with Crippen LogP contribution in [0.4, 0.5) is 13.2 Å². The third kappa shape index (κ3) is 3.94. The van der Waals surface area contributed by atoms with Crippen LogP contribution >= 0.6 is 0 Å². The molecule has 4 rings (SSSR count). The van der Waals surface area contributed by atoms with Gasteiger partial charge in [0.15, 0.2) is 0 Å². The van der Waals surface area contributed by atoms with E-state index in [1.807, 2.05) is 11.5 Å². The minimum atomic E-state index is -4.51. The molecule has 0 aliphatic carbocycles. The lowest BCUT2D eigenvalue weighted by Gasteiger charge is -2.28. The number of aliphatic hydroxyl groups is 1. The predicted octanol–water partition coefficient (Wildman–Crippen LogP) is 4.29. The summed E-state index contributed by atoms with van der Waals surface area (Å²) < 4.78 is 40.4. The van der Waals surface area contributed by atoms with Gasteiger partial charge in [0, 0.05) is 48.5 Å². The number of aryl methyl sites for hydroxylation is 1. The maximum atomic E-state index is 12.8. The van der Waals surface area contributed by atoms with E-state index in [2.05, 4.69) is 28.0 Å². The number of alkyl halides is 3. The molecule has 0 saturated carbocycles. The zero-order valence-electron chi connectivity index (χ0n) is 16.6. The molecule has 1 N–H and O–H groups in total. The second kappa shape index (κ2) is 7.67. The molecule has 4 heterocycles. The summed E-state index contributed by atoms with van der Waals surface area (Å²) >= 11 is 0. The minimum absolute atomic E-state index is 0. The summed E-state index contributed by atoms with van der Waals surface area (Å²) in [6.45, 7) is 5.47. The monoisotopic (exact) mass is 420 g/mol. The van der Waals surface area contributed by atoms with Gasteiger partial charge in [-0.05, 0) is 44.2 Å². The summed E-state index contributed by atoms with van der Waals surface area (Å²) in [5, 5.41) is 12.2. The van der Waals surface area contributed by atoms with Crippen LogP contribution in [0.25, 0.3) is 11.0 Å². The molecule has 162 valence electrons. The Bertz CT molecular complexity index is 1050. The fourth-order valence-corrected chi connectivity index (χ4v) is 4.00. The number of hydrogen-bond acceptors (Lipinski definition) is 4. The normalized spacial score (nSPS) is 16.8. The molecule has 0 aromatic carbocycles. The van der Waals surface area contributed by atoms with Crippen molar-refractivity contribution >= 4 is 11.0 Å². The Morgan fingerprint density at radius 1 is 1.17 bits per heavy atom. The summed E-state index contributed by atoms with van der Waals surface area (Å²) in [6.07, 6.45) is -0.787. The van der Waals surface area contributed by atoms with Crippen LogP contribution in [0.2, 0.25) is 0 Å². The predicted molar refractivity (Wildman–Crippen MR) is 110 cm³/mol. The molecule has 1 aliphatic heterocycles. The molecule has 0 bridgehead atoms. The summed E-state index contributed by atoms with van der Waals surface area (Å²) in [5.74, 6) is 0. The fraction of sp³-hybridized carbons (Fsp3) is 0.455. The number of halogens is 3. The van der Waals surface area contributed by atoms with E-state index in [4.69, 9.17) is 0 Å². The third-order valence-electron chi connectivity index (χ3n) is 5.56. The highest BCUT2D eigenvalue weighted by atomic mass is 19.4. The van der Waals surface area contributed by atoms with Crippen LogP contribution in [0.1, 0.15) is 42.4 Å². The fourth-order valence-electron chi connectivity index (χ4n) is 4.00. The van der Waals surface area contributed by atoms with E-state index in [9.17, 15) is 18.3 Å². The quantitative estimate of drug-likeness (QED) is 0.687. The Hall–Kier alpha value is -2.45. The second-order valence-corrected chi connectivity index (χ2v) is 8.09. The largest absolute Gasteiger partial charge is 0.433 e. The third-order valence-corrected chi connectivity index (χ3v) is 5.56. The van der Waals surface area contributed by atoms with Crippen LogP contribution in [-0.4, -0.2) is 38.1 Å². The van der Waals surface area contributed by atoms with E-state index in [1.54, 1.807) is 13.1 Å². The van der Waals surface area contributed by atoms with Gasteiger partial charge in [0.25, 0.3) is 0 Å². The first-order valence-corrected chi connectivity index (χ1v) is 9.47. The van der Waals surface area contributed by atoms with E-state index in [-0.39, 0.29) is 14.0 Å². The Balaban J connectivity index is 0.00000256. The summed E-state index contributed by atoms with van der Waals surface area (Å²) in [7, 11) is 2.07. The lowest BCUT2D eigenvalue weighted by atomic mass is 9.97. The molecule has 0 spiro atoms. The van der Waals surface area contributed by atoms with E-state index in [0.717, 1.165) is 54.1 Å². The van der Waals surface area contributed by atoms with Crippen molar-refractivity contribution in [3.63, 3.8) is 0 Å².